The average molecular weight is 514 g/mol. The van der Waals surface area contributed by atoms with Crippen molar-refractivity contribution in [2.24, 2.45) is 10.9 Å². The molecule has 1 aromatic carbocycles. The molecule has 6 heteroatoms. The van der Waals surface area contributed by atoms with Crippen LogP contribution in [0.25, 0.3) is 0 Å². The monoisotopic (exact) mass is 513 g/mol. The number of benzene rings is 1. The van der Waals surface area contributed by atoms with Crippen LogP contribution in [-0.2, 0) is 0 Å². The third-order valence-electron chi connectivity index (χ3n) is 6.29. The molecule has 0 amide bonds. The summed E-state index contributed by atoms with van der Waals surface area (Å²) in [6.07, 6.45) is 5.24. The summed E-state index contributed by atoms with van der Waals surface area (Å²) >= 11 is 0. The van der Waals surface area contributed by atoms with Crippen molar-refractivity contribution in [3.63, 3.8) is 0 Å². The van der Waals surface area contributed by atoms with Crippen LogP contribution in [0.2, 0.25) is 0 Å². The number of nitrogens with one attached hydrogen (secondary N) is 2. The molecule has 2 atom stereocenters. The van der Waals surface area contributed by atoms with Gasteiger partial charge >= 0.3 is 0 Å². The van der Waals surface area contributed by atoms with Crippen molar-refractivity contribution in [3.05, 3.63) is 35.9 Å². The molecule has 2 aliphatic rings. The molecule has 2 aliphatic heterocycles. The Morgan fingerprint density at radius 1 is 1.03 bits per heavy atom. The summed E-state index contributed by atoms with van der Waals surface area (Å²) in [6, 6.07) is 12.0. The van der Waals surface area contributed by atoms with Crippen LogP contribution in [0.3, 0.4) is 0 Å². The van der Waals surface area contributed by atoms with Gasteiger partial charge in [0.05, 0.1) is 6.04 Å². The molecule has 164 valence electrons. The van der Waals surface area contributed by atoms with Gasteiger partial charge in [-0.05, 0) is 70.6 Å². The molecule has 1 aromatic rings. The first-order chi connectivity index (χ1) is 13.7. The van der Waals surface area contributed by atoms with Crippen molar-refractivity contribution >= 4 is 29.9 Å². The highest BCUT2D eigenvalue weighted by atomic mass is 127. The maximum Gasteiger partial charge on any atom is 0.191 e. The molecule has 0 saturated carbocycles. The molecular weight excluding hydrogens is 473 g/mol. The van der Waals surface area contributed by atoms with Gasteiger partial charge in [0.2, 0.25) is 0 Å². The molecule has 0 spiro atoms. The summed E-state index contributed by atoms with van der Waals surface area (Å²) in [5.74, 6) is 1.64. The smallest absolute Gasteiger partial charge is 0.191 e. The fourth-order valence-corrected chi connectivity index (χ4v) is 4.57. The molecule has 2 unspecified atom stereocenters. The van der Waals surface area contributed by atoms with Gasteiger partial charge in [-0.15, -0.1) is 24.0 Å². The number of likely N-dealkylation sites (tertiary alicyclic amines) is 2. The van der Waals surface area contributed by atoms with E-state index in [9.17, 15) is 0 Å². The number of piperidine rings is 1. The molecular formula is C23H40IN5. The van der Waals surface area contributed by atoms with Crippen LogP contribution in [0.5, 0.6) is 0 Å². The van der Waals surface area contributed by atoms with E-state index in [4.69, 9.17) is 0 Å². The Hall–Kier alpha value is -0.860. The van der Waals surface area contributed by atoms with Gasteiger partial charge in [-0.1, -0.05) is 30.3 Å². The molecule has 3 rings (SSSR count). The Morgan fingerprint density at radius 3 is 2.38 bits per heavy atom. The van der Waals surface area contributed by atoms with Crippen molar-refractivity contribution in [1.82, 2.24) is 20.4 Å². The molecule has 0 bridgehead atoms. The third kappa shape index (κ3) is 7.40. The standard InChI is InChI=1S/C23H39N5.HI/c1-19(2)28-15-9-10-20(18-28)16-25-23(24-3)26-17-22(27-13-7-8-14-27)21-11-5-4-6-12-21;/h4-6,11-12,19-20,22H,7-10,13-18H2,1-3H3,(H2,24,25,26);1H. The van der Waals surface area contributed by atoms with E-state index in [1.807, 2.05) is 7.05 Å². The maximum atomic E-state index is 4.48. The lowest BCUT2D eigenvalue weighted by molar-refractivity contribution is 0.141. The van der Waals surface area contributed by atoms with Crippen LogP contribution >= 0.6 is 24.0 Å². The number of halogens is 1. The summed E-state index contributed by atoms with van der Waals surface area (Å²) < 4.78 is 0. The highest BCUT2D eigenvalue weighted by Crippen LogP contribution is 2.24. The van der Waals surface area contributed by atoms with E-state index in [0.29, 0.717) is 18.0 Å². The first kappa shape index (κ1) is 24.4. The fourth-order valence-electron chi connectivity index (χ4n) is 4.57. The van der Waals surface area contributed by atoms with E-state index in [1.165, 1.54) is 57.4 Å². The van der Waals surface area contributed by atoms with Crippen molar-refractivity contribution in [3.8, 4) is 0 Å². The number of hydrogen-bond acceptors (Lipinski definition) is 3. The van der Waals surface area contributed by atoms with E-state index in [-0.39, 0.29) is 24.0 Å². The Balaban J connectivity index is 0.00000300. The molecule has 5 nitrogen and oxygen atoms in total. The molecule has 0 aliphatic carbocycles. The summed E-state index contributed by atoms with van der Waals surface area (Å²) in [4.78, 5) is 9.69. The predicted octanol–water partition coefficient (Wildman–Crippen LogP) is 3.73. The SMILES string of the molecule is CN=C(NCC1CCCN(C(C)C)C1)NCC(c1ccccc1)N1CCCC1.I. The lowest BCUT2D eigenvalue weighted by atomic mass is 9.97. The van der Waals surface area contributed by atoms with E-state index < -0.39 is 0 Å². The number of aliphatic imine (C=N–C) groups is 1. The van der Waals surface area contributed by atoms with Crippen LogP contribution in [-0.4, -0.2) is 68.1 Å². The molecule has 2 N–H and O–H groups in total. The Bertz CT molecular complexity index is 601. The summed E-state index contributed by atoms with van der Waals surface area (Å²) in [5, 5.41) is 7.19. The zero-order valence-corrected chi connectivity index (χ0v) is 20.8. The van der Waals surface area contributed by atoms with Crippen molar-refractivity contribution in [1.29, 1.82) is 0 Å². The van der Waals surface area contributed by atoms with Gasteiger partial charge in [0, 0.05) is 32.7 Å². The molecule has 2 heterocycles. The van der Waals surface area contributed by atoms with Crippen LogP contribution in [0.4, 0.5) is 0 Å². The zero-order chi connectivity index (χ0) is 19.8. The van der Waals surface area contributed by atoms with Crippen molar-refractivity contribution < 1.29 is 0 Å². The van der Waals surface area contributed by atoms with Gasteiger partial charge in [-0.3, -0.25) is 9.89 Å². The van der Waals surface area contributed by atoms with Gasteiger partial charge in [-0.2, -0.15) is 0 Å². The van der Waals surface area contributed by atoms with Gasteiger partial charge in [0.25, 0.3) is 0 Å². The molecule has 2 saturated heterocycles. The minimum Gasteiger partial charge on any atom is -0.356 e. The summed E-state index contributed by atoms with van der Waals surface area (Å²) in [6.45, 7) is 11.3. The Labute approximate surface area is 194 Å². The van der Waals surface area contributed by atoms with Crippen LogP contribution in [0.1, 0.15) is 51.1 Å². The lowest BCUT2D eigenvalue weighted by Gasteiger charge is -2.35. The second kappa shape index (κ2) is 12.7. The first-order valence-corrected chi connectivity index (χ1v) is 11.1. The van der Waals surface area contributed by atoms with Crippen LogP contribution in [0.15, 0.2) is 35.3 Å². The predicted molar refractivity (Wildman–Crippen MR) is 134 cm³/mol. The number of nitrogens with zero attached hydrogens (tertiary/aromatic N) is 3. The Morgan fingerprint density at radius 2 is 1.72 bits per heavy atom. The zero-order valence-electron chi connectivity index (χ0n) is 18.4. The normalized spacial score (nSPS) is 22.3. The molecule has 29 heavy (non-hydrogen) atoms. The first-order valence-electron chi connectivity index (χ1n) is 11.1. The third-order valence-corrected chi connectivity index (χ3v) is 6.29. The van der Waals surface area contributed by atoms with E-state index in [2.05, 4.69) is 69.6 Å². The second-order valence-corrected chi connectivity index (χ2v) is 8.60. The van der Waals surface area contributed by atoms with Crippen molar-refractivity contribution in [2.45, 2.75) is 51.6 Å². The quantitative estimate of drug-likeness (QED) is 0.332. The molecule has 0 aromatic heterocycles. The van der Waals surface area contributed by atoms with Crippen molar-refractivity contribution in [2.75, 3.05) is 46.3 Å². The van der Waals surface area contributed by atoms with E-state index in [0.717, 1.165) is 19.0 Å². The average Bonchev–Trinajstić information content (AvgIpc) is 3.26. The summed E-state index contributed by atoms with van der Waals surface area (Å²) in [5.41, 5.74) is 1.40. The van der Waals surface area contributed by atoms with Gasteiger partial charge in [-0.25, -0.2) is 0 Å². The van der Waals surface area contributed by atoms with Gasteiger partial charge in [0.1, 0.15) is 0 Å². The van der Waals surface area contributed by atoms with Gasteiger partial charge < -0.3 is 15.5 Å². The largest absolute Gasteiger partial charge is 0.356 e. The molecule has 0 radical (unpaired) electrons. The number of rotatable bonds is 7. The highest BCUT2D eigenvalue weighted by Gasteiger charge is 2.24. The van der Waals surface area contributed by atoms with E-state index >= 15 is 0 Å². The fraction of sp³-hybridized carbons (Fsp3) is 0.696. The number of guanidine groups is 1. The van der Waals surface area contributed by atoms with E-state index in [1.54, 1.807) is 0 Å². The lowest BCUT2D eigenvalue weighted by Crippen LogP contribution is -2.47. The maximum absolute atomic E-state index is 4.48. The molecule has 2 fully saturated rings. The minimum absolute atomic E-state index is 0. The van der Waals surface area contributed by atoms with Gasteiger partial charge in [0.15, 0.2) is 5.96 Å². The van der Waals surface area contributed by atoms with Crippen LogP contribution < -0.4 is 10.6 Å². The Kier molecular flexibility index (Phi) is 10.7. The summed E-state index contributed by atoms with van der Waals surface area (Å²) in [7, 11) is 1.88. The second-order valence-electron chi connectivity index (χ2n) is 8.60. The minimum atomic E-state index is 0. The highest BCUT2D eigenvalue weighted by molar-refractivity contribution is 14.0. The number of hydrogen-bond donors (Lipinski definition) is 2. The van der Waals surface area contributed by atoms with Crippen LogP contribution in [0, 0.1) is 5.92 Å². The topological polar surface area (TPSA) is 42.9 Å².